The van der Waals surface area contributed by atoms with Crippen LogP contribution in [-0.2, 0) is 27.0 Å². The minimum atomic E-state index is -4.92. The minimum absolute atomic E-state index is 0.0185. The molecule has 0 bridgehead atoms. The number of ether oxygens (including phenoxy) is 4. The highest BCUT2D eigenvalue weighted by Gasteiger charge is 2.33. The fourth-order valence-corrected chi connectivity index (χ4v) is 8.45. The van der Waals surface area contributed by atoms with Gasteiger partial charge in [-0.25, -0.2) is 18.9 Å². The molecule has 1 aliphatic rings. The molecule has 64 heavy (non-hydrogen) atoms. The predicted molar refractivity (Wildman–Crippen MR) is 246 cm³/mol. The van der Waals surface area contributed by atoms with E-state index in [-0.39, 0.29) is 17.3 Å². The van der Waals surface area contributed by atoms with Gasteiger partial charge in [-0.05, 0) is 86.2 Å². The van der Waals surface area contributed by atoms with Crippen molar-refractivity contribution in [3.8, 4) is 17.2 Å². The van der Waals surface area contributed by atoms with Crippen LogP contribution in [0.15, 0.2) is 85.2 Å². The van der Waals surface area contributed by atoms with Crippen LogP contribution in [0.3, 0.4) is 0 Å². The number of aliphatic hydroxyl groups excluding tert-OH is 1. The molecule has 1 aromatic heterocycles. The zero-order valence-corrected chi connectivity index (χ0v) is 38.1. The number of aromatic nitrogens is 2. The molecule has 1 fully saturated rings. The van der Waals surface area contributed by atoms with Crippen LogP contribution in [0.1, 0.15) is 67.7 Å². The molecule has 1 unspecified atom stereocenters. The summed E-state index contributed by atoms with van der Waals surface area (Å²) in [5, 5.41) is 18.2. The van der Waals surface area contributed by atoms with E-state index in [2.05, 4.69) is 44.9 Å². The number of hydrogen-bond acceptors (Lipinski definition) is 11. The van der Waals surface area contributed by atoms with E-state index in [1.54, 1.807) is 37.4 Å². The van der Waals surface area contributed by atoms with E-state index < -0.39 is 19.7 Å². The summed E-state index contributed by atoms with van der Waals surface area (Å²) in [5.74, 6) is 0.973. The van der Waals surface area contributed by atoms with Gasteiger partial charge in [0.2, 0.25) is 0 Å². The van der Waals surface area contributed by atoms with Crippen molar-refractivity contribution in [3.05, 3.63) is 113 Å². The van der Waals surface area contributed by atoms with Crippen LogP contribution in [0.5, 0.6) is 17.2 Å². The molecule has 5 N–H and O–H groups in total. The van der Waals surface area contributed by atoms with Crippen molar-refractivity contribution in [3.63, 3.8) is 0 Å². The lowest BCUT2D eigenvalue weighted by molar-refractivity contribution is -0.947. The van der Waals surface area contributed by atoms with Gasteiger partial charge in [0.1, 0.15) is 43.3 Å². The molecule has 346 valence electrons. The Morgan fingerprint density at radius 3 is 2.42 bits per heavy atom. The normalized spacial score (nSPS) is 14.3. The molecule has 5 aromatic rings. The minimum Gasteiger partial charge on any atom is -0.493 e. The van der Waals surface area contributed by atoms with Crippen molar-refractivity contribution in [2.45, 2.75) is 64.0 Å². The van der Waals surface area contributed by atoms with Crippen LogP contribution in [0.25, 0.3) is 10.9 Å². The van der Waals surface area contributed by atoms with Gasteiger partial charge in [-0.1, -0.05) is 60.8 Å². The van der Waals surface area contributed by atoms with Crippen molar-refractivity contribution < 1.29 is 51.8 Å². The number of rotatable bonds is 27. The lowest BCUT2D eigenvalue weighted by Gasteiger charge is -2.41. The smallest absolute Gasteiger partial charge is 0.493 e. The van der Waals surface area contributed by atoms with E-state index in [4.69, 9.17) is 35.1 Å². The van der Waals surface area contributed by atoms with Gasteiger partial charge in [0.25, 0.3) is 0 Å². The molecular formula is C47H61ClFN5O9P+. The average Bonchev–Trinajstić information content (AvgIpc) is 3.28. The first kappa shape index (κ1) is 49.0. The van der Waals surface area contributed by atoms with E-state index in [0.717, 1.165) is 64.7 Å². The summed E-state index contributed by atoms with van der Waals surface area (Å²) in [6, 6.07) is 23.5. The Hall–Kier alpha value is -4.41. The Morgan fingerprint density at radius 1 is 0.875 bits per heavy atom. The quantitative estimate of drug-likeness (QED) is 0.0193. The Labute approximate surface area is 379 Å². The number of unbranched alkanes of at least 4 members (excludes halogenated alkanes) is 4. The van der Waals surface area contributed by atoms with E-state index in [0.29, 0.717) is 102 Å². The van der Waals surface area contributed by atoms with Gasteiger partial charge in [-0.15, -0.1) is 0 Å². The van der Waals surface area contributed by atoms with Gasteiger partial charge >= 0.3 is 7.82 Å². The van der Waals surface area contributed by atoms with E-state index in [1.807, 2.05) is 6.07 Å². The summed E-state index contributed by atoms with van der Waals surface area (Å²) in [4.78, 5) is 28.6. The number of aryl methyl sites for hydroxylation is 1. The number of fused-ring (bicyclic) bond motifs is 1. The fourth-order valence-electron chi connectivity index (χ4n) is 7.85. The monoisotopic (exact) mass is 924 g/mol. The number of aliphatic hydroxyl groups is 1. The Balaban J connectivity index is 0.985. The van der Waals surface area contributed by atoms with E-state index in [9.17, 15) is 23.8 Å². The number of phosphoric ester groups is 1. The molecule has 0 radical (unpaired) electrons. The predicted octanol–water partition coefficient (Wildman–Crippen LogP) is 8.69. The highest BCUT2D eigenvalue weighted by Crippen LogP contribution is 2.41. The van der Waals surface area contributed by atoms with Crippen molar-refractivity contribution in [2.75, 3.05) is 78.2 Å². The molecule has 17 heteroatoms. The molecule has 0 aliphatic carbocycles. The molecule has 2 heterocycles. The standard InChI is InChI=1S/C47H60ClFN5O9P/c1-59-45-31-42-39(47(52-34-51-42)53-38-17-18-41(49)40(48)29-38)30-46(45)62-25-11-20-54(21-26-61-27-22-54)33-37-16-15-36(28-44(37)63-64(56,57)58)43(55)32-50-19-8-2-3-9-23-60-24-10-7-14-35-12-5-4-6-13-35/h4-6,12-13,15-18,28-31,34,43,50,55H,2-3,7-11,14,19-27,32-33H2,1H3,(H2-,51,52,53,56,57,58)/p+1. The van der Waals surface area contributed by atoms with Gasteiger partial charge in [0.05, 0.1) is 50.1 Å². The van der Waals surface area contributed by atoms with Crippen molar-refractivity contribution >= 4 is 41.8 Å². The number of benzene rings is 4. The summed E-state index contributed by atoms with van der Waals surface area (Å²) in [5.41, 5.74) is 3.64. The Morgan fingerprint density at radius 2 is 1.66 bits per heavy atom. The number of hydrogen-bond donors (Lipinski definition) is 5. The molecule has 1 aliphatic heterocycles. The molecule has 4 aromatic carbocycles. The summed E-state index contributed by atoms with van der Waals surface area (Å²) >= 11 is 6.01. The highest BCUT2D eigenvalue weighted by atomic mass is 35.5. The van der Waals surface area contributed by atoms with Gasteiger partial charge in [0.15, 0.2) is 11.5 Å². The van der Waals surface area contributed by atoms with Crippen LogP contribution in [0, 0.1) is 5.82 Å². The lowest BCUT2D eigenvalue weighted by Crippen LogP contribution is -2.55. The second-order valence-corrected chi connectivity index (χ2v) is 17.7. The Kier molecular flexibility index (Phi) is 19.0. The van der Waals surface area contributed by atoms with Crippen LogP contribution >= 0.6 is 19.4 Å². The van der Waals surface area contributed by atoms with E-state index in [1.165, 1.54) is 30.1 Å². The average molecular weight is 925 g/mol. The number of methoxy groups -OCH3 is 1. The second-order valence-electron chi connectivity index (χ2n) is 16.1. The number of morpholine rings is 1. The van der Waals surface area contributed by atoms with Gasteiger partial charge in [-0.2, -0.15) is 0 Å². The summed E-state index contributed by atoms with van der Waals surface area (Å²) in [7, 11) is -3.37. The zero-order valence-electron chi connectivity index (χ0n) is 36.4. The zero-order chi connectivity index (χ0) is 45.2. The van der Waals surface area contributed by atoms with E-state index >= 15 is 0 Å². The highest BCUT2D eigenvalue weighted by molar-refractivity contribution is 7.46. The molecule has 1 atom stereocenters. The van der Waals surface area contributed by atoms with Gasteiger partial charge in [0, 0.05) is 48.9 Å². The summed E-state index contributed by atoms with van der Waals surface area (Å²) in [6.45, 7) is 6.40. The number of halogens is 2. The molecule has 0 spiro atoms. The third-order valence-corrected chi connectivity index (χ3v) is 12.1. The van der Waals surface area contributed by atoms with Crippen molar-refractivity contribution in [1.82, 2.24) is 15.3 Å². The first-order valence-electron chi connectivity index (χ1n) is 22.0. The summed E-state index contributed by atoms with van der Waals surface area (Å²) in [6.07, 6.45) is 8.52. The van der Waals surface area contributed by atoms with Crippen molar-refractivity contribution in [1.29, 1.82) is 0 Å². The SMILES string of the molecule is COc1cc2ncnc(Nc3ccc(F)c(Cl)c3)c2cc1OCCC[N+]1(Cc2ccc(C(O)CNCCCCCCOCCCCc3ccccc3)cc2OP(=O)(O)O)CCOCC1. The number of phosphoric acid groups is 1. The van der Waals surface area contributed by atoms with Crippen molar-refractivity contribution in [2.24, 2.45) is 0 Å². The third kappa shape index (κ3) is 15.4. The van der Waals surface area contributed by atoms with Crippen LogP contribution < -0.4 is 24.6 Å². The second kappa shape index (κ2) is 24.8. The molecule has 0 saturated carbocycles. The molecule has 1 saturated heterocycles. The van der Waals surface area contributed by atoms with Gasteiger partial charge in [-0.3, -0.25) is 9.79 Å². The number of quaternary nitrogens is 1. The molecular weight excluding hydrogens is 864 g/mol. The maximum atomic E-state index is 13.8. The first-order chi connectivity index (χ1) is 31.0. The maximum absolute atomic E-state index is 13.8. The molecule has 6 rings (SSSR count). The fraction of sp³-hybridized carbons (Fsp3) is 0.447. The maximum Gasteiger partial charge on any atom is 0.524 e. The van der Waals surface area contributed by atoms with Crippen LogP contribution in [-0.4, -0.2) is 102 Å². The topological polar surface area (TPSA) is 174 Å². The number of nitrogens with zero attached hydrogens (tertiary/aromatic N) is 3. The van der Waals surface area contributed by atoms with Crippen LogP contribution in [0.4, 0.5) is 15.9 Å². The molecule has 0 amide bonds. The number of anilines is 2. The third-order valence-electron chi connectivity index (χ3n) is 11.3. The lowest BCUT2D eigenvalue weighted by atomic mass is 10.0. The van der Waals surface area contributed by atoms with Crippen LogP contribution in [0.2, 0.25) is 5.02 Å². The number of nitrogens with one attached hydrogen (secondary N) is 2. The first-order valence-corrected chi connectivity index (χ1v) is 23.9. The van der Waals surface area contributed by atoms with Gasteiger partial charge < -0.3 is 43.7 Å². The Bertz CT molecular complexity index is 2270. The largest absolute Gasteiger partial charge is 0.524 e. The summed E-state index contributed by atoms with van der Waals surface area (Å²) < 4.78 is 55.3. The molecule has 14 nitrogen and oxygen atoms in total.